The van der Waals surface area contributed by atoms with Gasteiger partial charge < -0.3 is 15.1 Å². The van der Waals surface area contributed by atoms with Crippen LogP contribution in [-0.2, 0) is 11.0 Å². The maximum atomic E-state index is 14.3. The predicted molar refractivity (Wildman–Crippen MR) is 101 cm³/mol. The van der Waals surface area contributed by atoms with Gasteiger partial charge in [-0.15, -0.1) is 0 Å². The van der Waals surface area contributed by atoms with E-state index in [-0.39, 0.29) is 31.0 Å². The minimum absolute atomic E-state index is 0.154. The van der Waals surface area contributed by atoms with Crippen molar-refractivity contribution in [3.8, 4) is 0 Å². The fourth-order valence-electron chi connectivity index (χ4n) is 4.15. The molecule has 2 heterocycles. The van der Waals surface area contributed by atoms with Gasteiger partial charge in [0.25, 0.3) is 0 Å². The lowest BCUT2D eigenvalue weighted by Crippen LogP contribution is -2.56. The summed E-state index contributed by atoms with van der Waals surface area (Å²) in [5.41, 5.74) is -0.0103. The molecule has 0 aromatic heterocycles. The first-order valence-electron chi connectivity index (χ1n) is 9.46. The molecule has 3 amide bonds. The van der Waals surface area contributed by atoms with Crippen molar-refractivity contribution < 1.29 is 27.2 Å². The van der Waals surface area contributed by atoms with E-state index in [0.717, 1.165) is 23.3 Å². The van der Waals surface area contributed by atoms with E-state index >= 15 is 0 Å². The fraction of sp³-hybridized carbons (Fsp3) is 0.333. The zero-order valence-electron chi connectivity index (χ0n) is 16.0. The second kappa shape index (κ2) is 7.30. The van der Waals surface area contributed by atoms with Crippen LogP contribution in [0.15, 0.2) is 42.5 Å². The molecular formula is C21H19F4N3O2. The third kappa shape index (κ3) is 3.48. The predicted octanol–water partition coefficient (Wildman–Crippen LogP) is 4.38. The summed E-state index contributed by atoms with van der Waals surface area (Å²) in [5, 5.41) is 2.18. The van der Waals surface area contributed by atoms with Gasteiger partial charge in [0.15, 0.2) is 5.82 Å². The number of hydrogen-bond acceptors (Lipinski definition) is 2. The molecule has 2 aliphatic heterocycles. The number of anilines is 1. The van der Waals surface area contributed by atoms with Gasteiger partial charge in [-0.3, -0.25) is 4.79 Å². The highest BCUT2D eigenvalue weighted by atomic mass is 19.4. The number of benzene rings is 2. The lowest BCUT2D eigenvalue weighted by Gasteiger charge is -2.46. The van der Waals surface area contributed by atoms with Gasteiger partial charge in [-0.1, -0.05) is 37.3 Å². The molecule has 0 saturated carbocycles. The zero-order valence-corrected chi connectivity index (χ0v) is 16.0. The van der Waals surface area contributed by atoms with E-state index in [1.54, 1.807) is 4.90 Å². The number of carbonyl (C=O) groups excluding carboxylic acids is 2. The smallest absolute Gasteiger partial charge is 0.332 e. The van der Waals surface area contributed by atoms with Gasteiger partial charge in [-0.25, -0.2) is 9.18 Å². The number of amides is 3. The monoisotopic (exact) mass is 421 g/mol. The van der Waals surface area contributed by atoms with Crippen molar-refractivity contribution in [1.29, 1.82) is 0 Å². The Kier molecular flexibility index (Phi) is 4.91. The van der Waals surface area contributed by atoms with E-state index in [2.05, 4.69) is 5.32 Å². The first-order chi connectivity index (χ1) is 14.2. The van der Waals surface area contributed by atoms with E-state index in [0.29, 0.717) is 12.6 Å². The first-order valence-corrected chi connectivity index (χ1v) is 9.46. The second-order valence-corrected chi connectivity index (χ2v) is 7.57. The lowest BCUT2D eigenvalue weighted by molar-refractivity contribution is -0.140. The molecule has 0 bridgehead atoms. The Hall–Kier alpha value is -3.10. The molecule has 2 atom stereocenters. The van der Waals surface area contributed by atoms with Crippen molar-refractivity contribution in [2.24, 2.45) is 0 Å². The van der Waals surface area contributed by atoms with Crippen LogP contribution in [0.1, 0.15) is 35.6 Å². The SMILES string of the molecule is CC1CN2C(=O)CN(C(=O)Nc3cccc(C(F)(F)F)c3F)CC2c2ccccc21. The third-order valence-corrected chi connectivity index (χ3v) is 5.61. The Morgan fingerprint density at radius 1 is 1.07 bits per heavy atom. The summed E-state index contributed by atoms with van der Waals surface area (Å²) in [7, 11) is 0. The molecule has 2 aliphatic rings. The Morgan fingerprint density at radius 3 is 2.47 bits per heavy atom. The highest BCUT2D eigenvalue weighted by Gasteiger charge is 2.41. The van der Waals surface area contributed by atoms with Crippen molar-refractivity contribution in [3.05, 3.63) is 65.0 Å². The Labute approximate surface area is 170 Å². The molecule has 0 spiro atoms. The Morgan fingerprint density at radius 2 is 1.77 bits per heavy atom. The molecule has 5 nitrogen and oxygen atoms in total. The highest BCUT2D eigenvalue weighted by molar-refractivity contribution is 5.93. The molecule has 9 heteroatoms. The summed E-state index contributed by atoms with van der Waals surface area (Å²) in [4.78, 5) is 28.3. The van der Waals surface area contributed by atoms with Crippen LogP contribution in [0.4, 0.5) is 28.0 Å². The van der Waals surface area contributed by atoms with Crippen LogP contribution in [0.2, 0.25) is 0 Å². The topological polar surface area (TPSA) is 52.7 Å². The highest BCUT2D eigenvalue weighted by Crippen LogP contribution is 2.38. The van der Waals surface area contributed by atoms with E-state index in [1.807, 2.05) is 31.2 Å². The molecule has 2 aromatic rings. The van der Waals surface area contributed by atoms with Crippen LogP contribution in [0.25, 0.3) is 0 Å². The molecular weight excluding hydrogens is 402 g/mol. The van der Waals surface area contributed by atoms with Crippen LogP contribution >= 0.6 is 0 Å². The Bertz CT molecular complexity index is 1010. The van der Waals surface area contributed by atoms with E-state index in [4.69, 9.17) is 0 Å². The number of urea groups is 1. The summed E-state index contributed by atoms with van der Waals surface area (Å²) in [5.74, 6) is -1.66. The molecule has 1 saturated heterocycles. The normalized spacial score (nSPS) is 21.2. The van der Waals surface area contributed by atoms with Crippen LogP contribution in [0, 0.1) is 5.82 Å². The van der Waals surface area contributed by atoms with Crippen molar-refractivity contribution in [1.82, 2.24) is 9.80 Å². The maximum absolute atomic E-state index is 14.3. The maximum Gasteiger partial charge on any atom is 0.419 e. The second-order valence-electron chi connectivity index (χ2n) is 7.57. The van der Waals surface area contributed by atoms with Crippen molar-refractivity contribution in [2.75, 3.05) is 25.0 Å². The number of nitrogens with zero attached hydrogens (tertiary/aromatic N) is 2. The van der Waals surface area contributed by atoms with Gasteiger partial charge in [0.05, 0.1) is 17.3 Å². The molecule has 1 fully saturated rings. The molecule has 0 aliphatic carbocycles. The zero-order chi connectivity index (χ0) is 21.6. The average Bonchev–Trinajstić information content (AvgIpc) is 2.69. The number of fused-ring (bicyclic) bond motifs is 3. The van der Waals surface area contributed by atoms with Gasteiger partial charge in [-0.2, -0.15) is 13.2 Å². The molecule has 4 rings (SSSR count). The molecule has 30 heavy (non-hydrogen) atoms. The number of hydrogen-bond donors (Lipinski definition) is 1. The largest absolute Gasteiger partial charge is 0.419 e. The van der Waals surface area contributed by atoms with Crippen molar-refractivity contribution in [2.45, 2.75) is 25.1 Å². The molecule has 2 unspecified atom stereocenters. The number of rotatable bonds is 1. The first kappa shape index (κ1) is 20.2. The van der Waals surface area contributed by atoms with Crippen LogP contribution in [0.3, 0.4) is 0 Å². The quantitative estimate of drug-likeness (QED) is 0.695. The van der Waals surface area contributed by atoms with Gasteiger partial charge in [0, 0.05) is 13.1 Å². The third-order valence-electron chi connectivity index (χ3n) is 5.61. The number of alkyl halides is 3. The summed E-state index contributed by atoms with van der Waals surface area (Å²) >= 11 is 0. The average molecular weight is 421 g/mol. The van der Waals surface area contributed by atoms with Crippen molar-refractivity contribution in [3.63, 3.8) is 0 Å². The number of carbonyl (C=O) groups is 2. The minimum Gasteiger partial charge on any atom is -0.332 e. The van der Waals surface area contributed by atoms with Crippen LogP contribution in [-0.4, -0.2) is 41.4 Å². The van der Waals surface area contributed by atoms with E-state index in [1.165, 1.54) is 4.90 Å². The van der Waals surface area contributed by atoms with Gasteiger partial charge in [0.1, 0.15) is 6.54 Å². The summed E-state index contributed by atoms with van der Waals surface area (Å²) in [6.45, 7) is 2.50. The van der Waals surface area contributed by atoms with Crippen LogP contribution in [0.5, 0.6) is 0 Å². The number of piperazine rings is 1. The molecule has 158 valence electrons. The molecule has 2 aromatic carbocycles. The number of nitrogens with one attached hydrogen (secondary N) is 1. The van der Waals surface area contributed by atoms with Gasteiger partial charge >= 0.3 is 12.2 Å². The number of halogens is 4. The van der Waals surface area contributed by atoms with E-state index in [9.17, 15) is 27.2 Å². The lowest BCUT2D eigenvalue weighted by atomic mass is 9.85. The summed E-state index contributed by atoms with van der Waals surface area (Å²) in [6, 6.07) is 9.16. The minimum atomic E-state index is -4.88. The Balaban J connectivity index is 1.58. The molecule has 0 radical (unpaired) electrons. The molecule has 1 N–H and O–H groups in total. The summed E-state index contributed by atoms with van der Waals surface area (Å²) < 4.78 is 53.0. The van der Waals surface area contributed by atoms with Gasteiger partial charge in [0.2, 0.25) is 5.91 Å². The van der Waals surface area contributed by atoms with Gasteiger partial charge in [-0.05, 0) is 29.2 Å². The fourth-order valence-corrected chi connectivity index (χ4v) is 4.15. The van der Waals surface area contributed by atoms with Crippen LogP contribution < -0.4 is 5.32 Å². The standard InChI is InChI=1S/C21H19F4N3O2/c1-12-9-28-17(14-6-3-2-5-13(12)14)10-27(11-18(28)29)20(30)26-16-8-4-7-15(19(16)22)21(23,24)25/h2-8,12,17H,9-11H2,1H3,(H,26,30). The van der Waals surface area contributed by atoms with E-state index < -0.39 is 29.3 Å². The summed E-state index contributed by atoms with van der Waals surface area (Å²) in [6.07, 6.45) is -4.88. The van der Waals surface area contributed by atoms with Crippen molar-refractivity contribution >= 4 is 17.6 Å².